The molecule has 0 spiro atoms. The van der Waals surface area contributed by atoms with E-state index in [0.717, 1.165) is 21.7 Å². The van der Waals surface area contributed by atoms with Crippen LogP contribution in [0.5, 0.6) is 0 Å². The van der Waals surface area contributed by atoms with Crippen molar-refractivity contribution in [1.29, 1.82) is 5.26 Å². The molecular formula is C24H18N2O4. The second-order valence-electron chi connectivity index (χ2n) is 6.88. The number of nitrogens with one attached hydrogen (secondary N) is 1. The van der Waals surface area contributed by atoms with Gasteiger partial charge in [0.1, 0.15) is 5.58 Å². The Balaban J connectivity index is 1.45. The van der Waals surface area contributed by atoms with E-state index in [2.05, 4.69) is 11.4 Å². The van der Waals surface area contributed by atoms with Gasteiger partial charge in [0.2, 0.25) is 5.76 Å². The van der Waals surface area contributed by atoms with E-state index in [9.17, 15) is 9.59 Å². The molecule has 0 fully saturated rings. The minimum Gasteiger partial charge on any atom is -0.450 e. The van der Waals surface area contributed by atoms with E-state index >= 15 is 0 Å². The van der Waals surface area contributed by atoms with Gasteiger partial charge in [0.25, 0.3) is 5.91 Å². The van der Waals surface area contributed by atoms with Crippen LogP contribution in [-0.4, -0.2) is 18.5 Å². The van der Waals surface area contributed by atoms with Crippen molar-refractivity contribution in [3.05, 3.63) is 77.6 Å². The molecule has 0 bridgehead atoms. The number of esters is 1. The number of furan rings is 1. The highest BCUT2D eigenvalue weighted by Gasteiger charge is 2.21. The topological polar surface area (TPSA) is 92.3 Å². The van der Waals surface area contributed by atoms with Gasteiger partial charge in [0.05, 0.1) is 12.5 Å². The van der Waals surface area contributed by atoms with E-state index in [1.807, 2.05) is 36.4 Å². The van der Waals surface area contributed by atoms with Gasteiger partial charge in [-0.3, -0.25) is 4.79 Å². The van der Waals surface area contributed by atoms with E-state index in [-0.39, 0.29) is 5.76 Å². The van der Waals surface area contributed by atoms with Gasteiger partial charge in [0.15, 0.2) is 6.61 Å². The van der Waals surface area contributed by atoms with Gasteiger partial charge in [-0.2, -0.15) is 5.26 Å². The highest BCUT2D eigenvalue weighted by Crippen LogP contribution is 2.32. The van der Waals surface area contributed by atoms with Crippen molar-refractivity contribution >= 4 is 39.3 Å². The molecule has 4 rings (SSSR count). The standard InChI is InChI=1S/C24H18N2O4/c1-15-19-11-8-17-4-2-3-5-20(17)23(19)30-22(15)24(28)29-14-21(27)26-18-9-6-16(7-10-18)12-13-25/h2-11H,12,14H2,1H3,(H,26,27). The molecule has 6 nitrogen and oxygen atoms in total. The zero-order chi connectivity index (χ0) is 21.1. The first kappa shape index (κ1) is 19.2. The lowest BCUT2D eigenvalue weighted by Gasteiger charge is -2.06. The zero-order valence-corrected chi connectivity index (χ0v) is 16.3. The average Bonchev–Trinajstić information content (AvgIpc) is 3.11. The smallest absolute Gasteiger partial charge is 0.375 e. The van der Waals surface area contributed by atoms with Crippen molar-refractivity contribution in [2.24, 2.45) is 0 Å². The number of carbonyl (C=O) groups excluding carboxylic acids is 2. The number of hydrogen-bond donors (Lipinski definition) is 1. The summed E-state index contributed by atoms with van der Waals surface area (Å²) in [7, 11) is 0. The van der Waals surface area contributed by atoms with Gasteiger partial charge >= 0.3 is 5.97 Å². The van der Waals surface area contributed by atoms with Crippen molar-refractivity contribution in [3.8, 4) is 6.07 Å². The van der Waals surface area contributed by atoms with Crippen LogP contribution < -0.4 is 5.32 Å². The third kappa shape index (κ3) is 3.74. The molecule has 0 saturated carbocycles. The first-order chi connectivity index (χ1) is 14.6. The molecule has 6 heteroatoms. The molecule has 0 atom stereocenters. The molecule has 148 valence electrons. The molecule has 0 radical (unpaired) electrons. The average molecular weight is 398 g/mol. The van der Waals surface area contributed by atoms with Gasteiger partial charge < -0.3 is 14.5 Å². The Hall–Kier alpha value is -4.11. The molecule has 4 aromatic rings. The lowest BCUT2D eigenvalue weighted by molar-refractivity contribution is -0.119. The number of ether oxygens (including phenoxy) is 1. The van der Waals surface area contributed by atoms with Crippen LogP contribution in [0.3, 0.4) is 0 Å². The van der Waals surface area contributed by atoms with E-state index in [1.54, 1.807) is 31.2 Å². The Labute approximate surface area is 172 Å². The molecule has 3 aromatic carbocycles. The highest BCUT2D eigenvalue weighted by molar-refractivity contribution is 6.08. The molecule has 0 saturated heterocycles. The van der Waals surface area contributed by atoms with Crippen LogP contribution in [0.1, 0.15) is 21.7 Å². The zero-order valence-electron chi connectivity index (χ0n) is 16.3. The van der Waals surface area contributed by atoms with Crippen molar-refractivity contribution < 1.29 is 18.7 Å². The first-order valence-electron chi connectivity index (χ1n) is 9.40. The van der Waals surface area contributed by atoms with Crippen molar-refractivity contribution in [3.63, 3.8) is 0 Å². The van der Waals surface area contributed by atoms with Crippen LogP contribution in [0.15, 0.2) is 65.1 Å². The molecule has 0 unspecified atom stereocenters. The van der Waals surface area contributed by atoms with Crippen LogP contribution >= 0.6 is 0 Å². The number of hydrogen-bond acceptors (Lipinski definition) is 5. The maximum atomic E-state index is 12.5. The highest BCUT2D eigenvalue weighted by atomic mass is 16.5. The predicted octanol–water partition coefficient (Wildman–Crippen LogP) is 4.76. The summed E-state index contributed by atoms with van der Waals surface area (Å²) in [6, 6.07) is 20.6. The maximum Gasteiger partial charge on any atom is 0.375 e. The maximum absolute atomic E-state index is 12.5. The van der Waals surface area contributed by atoms with Crippen LogP contribution in [0.25, 0.3) is 21.7 Å². The quantitative estimate of drug-likeness (QED) is 0.490. The number of benzene rings is 3. The summed E-state index contributed by atoms with van der Waals surface area (Å²) in [5.74, 6) is -1.06. The molecule has 0 aliphatic carbocycles. The summed E-state index contributed by atoms with van der Waals surface area (Å²) in [4.78, 5) is 24.6. The number of fused-ring (bicyclic) bond motifs is 3. The fourth-order valence-electron chi connectivity index (χ4n) is 3.33. The molecule has 1 heterocycles. The third-order valence-electron chi connectivity index (χ3n) is 4.87. The summed E-state index contributed by atoms with van der Waals surface area (Å²) in [6.07, 6.45) is 0.304. The van der Waals surface area contributed by atoms with Crippen LogP contribution in [0, 0.1) is 18.3 Å². The Bertz CT molecular complexity index is 1300. The van der Waals surface area contributed by atoms with Gasteiger partial charge in [-0.05, 0) is 30.0 Å². The Morgan fingerprint density at radius 1 is 1.03 bits per heavy atom. The van der Waals surface area contributed by atoms with Crippen LogP contribution in [0.4, 0.5) is 5.69 Å². The Kier molecular flexibility index (Phi) is 5.19. The molecule has 1 aromatic heterocycles. The minimum atomic E-state index is -0.688. The van der Waals surface area contributed by atoms with E-state index in [4.69, 9.17) is 14.4 Å². The molecule has 0 aliphatic heterocycles. The summed E-state index contributed by atoms with van der Waals surface area (Å²) in [5, 5.41) is 14.1. The number of aryl methyl sites for hydroxylation is 1. The third-order valence-corrected chi connectivity index (χ3v) is 4.87. The Morgan fingerprint density at radius 3 is 2.57 bits per heavy atom. The lowest BCUT2D eigenvalue weighted by Crippen LogP contribution is -2.21. The fraction of sp³-hybridized carbons (Fsp3) is 0.125. The van der Waals surface area contributed by atoms with Gasteiger partial charge in [-0.15, -0.1) is 0 Å². The molecule has 1 amide bonds. The SMILES string of the molecule is Cc1c(C(=O)OCC(=O)Nc2ccc(CC#N)cc2)oc2c1ccc1ccccc12. The van der Waals surface area contributed by atoms with Gasteiger partial charge in [-0.25, -0.2) is 4.79 Å². The fourth-order valence-corrected chi connectivity index (χ4v) is 3.33. The first-order valence-corrected chi connectivity index (χ1v) is 9.40. The molecule has 30 heavy (non-hydrogen) atoms. The molecule has 0 aliphatic rings. The van der Waals surface area contributed by atoms with E-state index in [1.165, 1.54) is 0 Å². The normalized spacial score (nSPS) is 10.7. The Morgan fingerprint density at radius 2 is 1.80 bits per heavy atom. The summed E-state index contributed by atoms with van der Waals surface area (Å²) in [6.45, 7) is 1.36. The minimum absolute atomic E-state index is 0.0926. The van der Waals surface area contributed by atoms with Crippen LogP contribution in [0.2, 0.25) is 0 Å². The number of nitrogens with zero attached hydrogens (tertiary/aromatic N) is 1. The molecule has 1 N–H and O–H groups in total. The second-order valence-corrected chi connectivity index (χ2v) is 6.88. The van der Waals surface area contributed by atoms with Gasteiger partial charge in [-0.1, -0.05) is 48.5 Å². The van der Waals surface area contributed by atoms with Crippen molar-refractivity contribution in [2.75, 3.05) is 11.9 Å². The number of amides is 1. The van der Waals surface area contributed by atoms with Crippen LogP contribution in [-0.2, 0) is 16.0 Å². The number of nitriles is 1. The largest absolute Gasteiger partial charge is 0.450 e. The number of carbonyl (C=O) groups is 2. The molecular weight excluding hydrogens is 380 g/mol. The van der Waals surface area contributed by atoms with E-state index in [0.29, 0.717) is 23.3 Å². The van der Waals surface area contributed by atoms with Crippen molar-refractivity contribution in [1.82, 2.24) is 0 Å². The van der Waals surface area contributed by atoms with Gasteiger partial charge in [0, 0.05) is 22.0 Å². The van der Waals surface area contributed by atoms with Crippen molar-refractivity contribution in [2.45, 2.75) is 13.3 Å². The summed E-state index contributed by atoms with van der Waals surface area (Å²) in [5.41, 5.74) is 2.72. The monoisotopic (exact) mass is 398 g/mol. The second kappa shape index (κ2) is 8.10. The number of rotatable bonds is 5. The summed E-state index contributed by atoms with van der Waals surface area (Å²) >= 11 is 0. The predicted molar refractivity (Wildman–Crippen MR) is 113 cm³/mol. The summed E-state index contributed by atoms with van der Waals surface area (Å²) < 4.78 is 11.0. The van der Waals surface area contributed by atoms with E-state index < -0.39 is 18.5 Å². The number of anilines is 1. The lowest BCUT2D eigenvalue weighted by atomic mass is 10.1.